The van der Waals surface area contributed by atoms with E-state index in [2.05, 4.69) is 10.6 Å². The fourth-order valence-corrected chi connectivity index (χ4v) is 3.82. The lowest BCUT2D eigenvalue weighted by atomic mass is 10.0. The highest BCUT2D eigenvalue weighted by molar-refractivity contribution is 7.12. The van der Waals surface area contributed by atoms with Crippen LogP contribution in [0.15, 0.2) is 72.1 Å². The van der Waals surface area contributed by atoms with Crippen LogP contribution in [0.5, 0.6) is 11.5 Å². The highest BCUT2D eigenvalue weighted by Gasteiger charge is 2.25. The number of hydrogen-bond acceptors (Lipinski definition) is 5. The van der Waals surface area contributed by atoms with Crippen molar-refractivity contribution in [2.24, 2.45) is 0 Å². The highest BCUT2D eigenvalue weighted by atomic mass is 32.1. The van der Waals surface area contributed by atoms with Gasteiger partial charge in [0.2, 0.25) is 5.91 Å². The number of carbonyl (C=O) groups is 2. The van der Waals surface area contributed by atoms with Gasteiger partial charge in [0.15, 0.2) is 11.5 Å². The zero-order valence-corrected chi connectivity index (χ0v) is 17.1. The average Bonchev–Trinajstić information content (AvgIpc) is 3.33. The van der Waals surface area contributed by atoms with Crippen molar-refractivity contribution in [3.63, 3.8) is 0 Å². The molecule has 154 valence electrons. The van der Waals surface area contributed by atoms with E-state index < -0.39 is 6.04 Å². The van der Waals surface area contributed by atoms with Crippen molar-refractivity contribution in [2.75, 3.05) is 13.2 Å². The molecule has 7 heteroatoms. The summed E-state index contributed by atoms with van der Waals surface area (Å²) in [6.07, 6.45) is 0.100. The van der Waals surface area contributed by atoms with Crippen LogP contribution in [0.2, 0.25) is 0 Å². The monoisotopic (exact) mass is 422 g/mol. The van der Waals surface area contributed by atoms with E-state index in [1.165, 1.54) is 11.3 Å². The van der Waals surface area contributed by atoms with Gasteiger partial charge in [-0.2, -0.15) is 0 Å². The lowest BCUT2D eigenvalue weighted by Crippen LogP contribution is -2.50. The topological polar surface area (TPSA) is 76.7 Å². The Hall–Kier alpha value is -3.32. The molecular formula is C23H22N2O4S. The van der Waals surface area contributed by atoms with E-state index >= 15 is 0 Å². The maximum Gasteiger partial charge on any atom is 0.262 e. The lowest BCUT2D eigenvalue weighted by Gasteiger charge is -2.27. The van der Waals surface area contributed by atoms with Gasteiger partial charge in [0.25, 0.3) is 5.91 Å². The summed E-state index contributed by atoms with van der Waals surface area (Å²) in [4.78, 5) is 26.0. The maximum atomic E-state index is 12.9. The molecule has 1 aliphatic rings. The molecule has 2 N–H and O–H groups in total. The van der Waals surface area contributed by atoms with E-state index in [0.717, 1.165) is 5.56 Å². The summed E-state index contributed by atoms with van der Waals surface area (Å²) in [5.41, 5.74) is 0.968. The Bertz CT molecular complexity index is 991. The van der Waals surface area contributed by atoms with Crippen LogP contribution in [-0.4, -0.2) is 37.1 Å². The van der Waals surface area contributed by atoms with Crippen LogP contribution in [0.25, 0.3) is 0 Å². The predicted molar refractivity (Wildman–Crippen MR) is 115 cm³/mol. The van der Waals surface area contributed by atoms with Crippen molar-refractivity contribution < 1.29 is 19.1 Å². The molecule has 0 aliphatic carbocycles. The SMILES string of the molecule is O=C(N[C@H](Cc1ccccc1)C(=O)NC[C@H]1COc2ccccc2O1)c1cccs1. The number of thiophene rings is 1. The Morgan fingerprint density at radius 2 is 1.77 bits per heavy atom. The minimum Gasteiger partial charge on any atom is -0.486 e. The number of nitrogens with one attached hydrogen (secondary N) is 2. The second-order valence-corrected chi connectivity index (χ2v) is 7.88. The number of para-hydroxylation sites is 2. The van der Waals surface area contributed by atoms with Crippen LogP contribution < -0.4 is 20.1 Å². The lowest BCUT2D eigenvalue weighted by molar-refractivity contribution is -0.123. The van der Waals surface area contributed by atoms with Gasteiger partial charge in [-0.3, -0.25) is 9.59 Å². The maximum absolute atomic E-state index is 12.9. The predicted octanol–water partition coefficient (Wildman–Crippen LogP) is 3.05. The first-order valence-electron chi connectivity index (χ1n) is 9.73. The summed E-state index contributed by atoms with van der Waals surface area (Å²) in [6, 6.07) is 19.9. The van der Waals surface area contributed by atoms with E-state index in [1.807, 2.05) is 66.0 Å². The standard InChI is InChI=1S/C23H22N2O4S/c26-22(24-14-17-15-28-19-9-4-5-10-20(19)29-17)18(13-16-7-2-1-3-8-16)25-23(27)21-11-6-12-30-21/h1-12,17-18H,13-15H2,(H,24,26)(H,25,27)/t17-,18+/m0/s1. The molecule has 1 aromatic heterocycles. The van der Waals surface area contributed by atoms with Crippen LogP contribution in [0.4, 0.5) is 0 Å². The van der Waals surface area contributed by atoms with Gasteiger partial charge in [-0.25, -0.2) is 0 Å². The van der Waals surface area contributed by atoms with Crippen LogP contribution in [0, 0.1) is 0 Å². The number of amides is 2. The minimum absolute atomic E-state index is 0.257. The van der Waals surface area contributed by atoms with Gasteiger partial charge in [-0.05, 0) is 29.1 Å². The van der Waals surface area contributed by atoms with Gasteiger partial charge in [0.05, 0.1) is 11.4 Å². The van der Waals surface area contributed by atoms with E-state index in [4.69, 9.17) is 9.47 Å². The van der Waals surface area contributed by atoms with Gasteiger partial charge in [0, 0.05) is 6.42 Å². The van der Waals surface area contributed by atoms with Crippen molar-refractivity contribution in [1.82, 2.24) is 10.6 Å². The van der Waals surface area contributed by atoms with Crippen molar-refractivity contribution in [1.29, 1.82) is 0 Å². The molecule has 4 rings (SSSR count). The van der Waals surface area contributed by atoms with E-state index in [0.29, 0.717) is 29.4 Å². The second kappa shape index (κ2) is 9.45. The number of ether oxygens (including phenoxy) is 2. The molecule has 6 nitrogen and oxygen atoms in total. The van der Waals surface area contributed by atoms with Gasteiger partial charge >= 0.3 is 0 Å². The molecule has 0 spiro atoms. The number of rotatable bonds is 7. The minimum atomic E-state index is -0.696. The smallest absolute Gasteiger partial charge is 0.262 e. The third-order valence-electron chi connectivity index (χ3n) is 4.72. The molecule has 3 aromatic rings. The molecule has 0 bridgehead atoms. The van der Waals surface area contributed by atoms with Gasteiger partial charge in [-0.15, -0.1) is 11.3 Å². The quantitative estimate of drug-likeness (QED) is 0.614. The third-order valence-corrected chi connectivity index (χ3v) is 5.59. The fraction of sp³-hybridized carbons (Fsp3) is 0.217. The van der Waals surface area contributed by atoms with E-state index in [-0.39, 0.29) is 24.5 Å². The van der Waals surface area contributed by atoms with Crippen molar-refractivity contribution in [3.8, 4) is 11.5 Å². The Morgan fingerprint density at radius 1 is 1.00 bits per heavy atom. The summed E-state index contributed by atoms with van der Waals surface area (Å²) in [7, 11) is 0. The molecule has 2 amide bonds. The number of carbonyl (C=O) groups excluding carboxylic acids is 2. The third kappa shape index (κ3) is 4.99. The Labute approximate surface area is 178 Å². The molecule has 2 aromatic carbocycles. The molecule has 0 saturated carbocycles. The second-order valence-electron chi connectivity index (χ2n) is 6.94. The van der Waals surface area contributed by atoms with Gasteiger partial charge < -0.3 is 20.1 Å². The fourth-order valence-electron chi connectivity index (χ4n) is 3.20. The summed E-state index contributed by atoms with van der Waals surface area (Å²) >= 11 is 1.34. The molecular weight excluding hydrogens is 400 g/mol. The Balaban J connectivity index is 1.39. The van der Waals surface area contributed by atoms with Crippen LogP contribution >= 0.6 is 11.3 Å². The highest BCUT2D eigenvalue weighted by Crippen LogP contribution is 2.30. The van der Waals surface area contributed by atoms with Crippen LogP contribution in [0.3, 0.4) is 0 Å². The number of hydrogen-bond donors (Lipinski definition) is 2. The summed E-state index contributed by atoms with van der Waals surface area (Å²) < 4.78 is 11.6. The molecule has 0 fully saturated rings. The Morgan fingerprint density at radius 3 is 2.53 bits per heavy atom. The number of fused-ring (bicyclic) bond motifs is 1. The molecule has 0 unspecified atom stereocenters. The molecule has 1 aliphatic heterocycles. The van der Waals surface area contributed by atoms with Crippen molar-refractivity contribution in [3.05, 3.63) is 82.6 Å². The summed E-state index contributed by atoms with van der Waals surface area (Å²) in [6.45, 7) is 0.634. The first-order valence-corrected chi connectivity index (χ1v) is 10.6. The van der Waals surface area contributed by atoms with Gasteiger partial charge in [-0.1, -0.05) is 48.5 Å². The molecule has 2 atom stereocenters. The van der Waals surface area contributed by atoms with Gasteiger partial charge in [0.1, 0.15) is 18.8 Å². The van der Waals surface area contributed by atoms with Crippen molar-refractivity contribution in [2.45, 2.75) is 18.6 Å². The zero-order valence-electron chi connectivity index (χ0n) is 16.2. The zero-order chi connectivity index (χ0) is 20.8. The van der Waals surface area contributed by atoms with Crippen LogP contribution in [-0.2, 0) is 11.2 Å². The van der Waals surface area contributed by atoms with Crippen LogP contribution in [0.1, 0.15) is 15.2 Å². The number of benzene rings is 2. The Kier molecular flexibility index (Phi) is 6.29. The average molecular weight is 423 g/mol. The first kappa shape index (κ1) is 20.0. The normalized spacial score (nSPS) is 15.8. The van der Waals surface area contributed by atoms with Crippen molar-refractivity contribution >= 4 is 23.2 Å². The molecule has 0 radical (unpaired) electrons. The molecule has 0 saturated heterocycles. The largest absolute Gasteiger partial charge is 0.486 e. The summed E-state index contributed by atoms with van der Waals surface area (Å²) in [5, 5.41) is 7.59. The molecule has 2 heterocycles. The first-order chi connectivity index (χ1) is 14.7. The summed E-state index contributed by atoms with van der Waals surface area (Å²) in [5.74, 6) is 0.846. The van der Waals surface area contributed by atoms with E-state index in [9.17, 15) is 9.59 Å². The van der Waals surface area contributed by atoms with E-state index in [1.54, 1.807) is 6.07 Å². The molecule has 30 heavy (non-hydrogen) atoms.